The lowest BCUT2D eigenvalue weighted by Gasteiger charge is -2.40. The number of likely N-dealkylation sites (N-methyl/N-ethyl adjacent to an activating group) is 2. The molecule has 2 aliphatic rings. The molecule has 18 heavy (non-hydrogen) atoms. The summed E-state index contributed by atoms with van der Waals surface area (Å²) in [7, 11) is 5.73. The second-order valence-electron chi connectivity index (χ2n) is 5.93. The van der Waals surface area contributed by atoms with Gasteiger partial charge in [-0.1, -0.05) is 0 Å². The normalized spacial score (nSPS) is 31.1. The van der Waals surface area contributed by atoms with Gasteiger partial charge in [0.2, 0.25) is 5.91 Å². The van der Waals surface area contributed by atoms with Crippen LogP contribution in [0.2, 0.25) is 0 Å². The molecule has 5 nitrogen and oxygen atoms in total. The molecule has 2 saturated heterocycles. The maximum Gasteiger partial charge on any atom is 0.232 e. The Morgan fingerprint density at radius 2 is 2.22 bits per heavy atom. The summed E-state index contributed by atoms with van der Waals surface area (Å²) in [5.41, 5.74) is -0.299. The third-order valence-electron chi connectivity index (χ3n) is 4.17. The van der Waals surface area contributed by atoms with Crippen LogP contribution in [0, 0.1) is 5.41 Å². The first kappa shape index (κ1) is 13.8. The van der Waals surface area contributed by atoms with Gasteiger partial charge in [0.15, 0.2) is 0 Å². The van der Waals surface area contributed by atoms with Gasteiger partial charge < -0.3 is 14.4 Å². The highest BCUT2D eigenvalue weighted by Crippen LogP contribution is 2.29. The second kappa shape index (κ2) is 5.15. The summed E-state index contributed by atoms with van der Waals surface area (Å²) in [6, 6.07) is 0.397. The van der Waals surface area contributed by atoms with Crippen LogP contribution in [0.3, 0.4) is 0 Å². The van der Waals surface area contributed by atoms with Gasteiger partial charge in [-0.15, -0.1) is 0 Å². The molecule has 2 aliphatic heterocycles. The molecule has 0 aliphatic carbocycles. The maximum atomic E-state index is 12.3. The molecule has 0 aromatic heterocycles. The SMILES string of the molecule is CO[C@H]1C[C@@H](CN(C)C(=O)C2(C)COC2)N(C)C1. The number of hydrogen-bond acceptors (Lipinski definition) is 4. The Kier molecular flexibility index (Phi) is 3.94. The molecule has 0 aromatic carbocycles. The molecule has 0 bridgehead atoms. The van der Waals surface area contributed by atoms with Gasteiger partial charge in [0, 0.05) is 33.3 Å². The van der Waals surface area contributed by atoms with Gasteiger partial charge >= 0.3 is 0 Å². The molecule has 2 fully saturated rings. The van der Waals surface area contributed by atoms with Crippen LogP contribution in [0.4, 0.5) is 0 Å². The molecule has 1 amide bonds. The first-order valence-corrected chi connectivity index (χ1v) is 6.52. The predicted octanol–water partition coefficient (Wildman–Crippen LogP) is 0.200. The Labute approximate surface area is 109 Å². The van der Waals surface area contributed by atoms with Gasteiger partial charge in [-0.3, -0.25) is 9.69 Å². The van der Waals surface area contributed by atoms with Crippen LogP contribution in [-0.2, 0) is 14.3 Å². The van der Waals surface area contributed by atoms with Crippen molar-refractivity contribution < 1.29 is 14.3 Å². The van der Waals surface area contributed by atoms with Gasteiger partial charge in [-0.05, 0) is 20.4 Å². The summed E-state index contributed by atoms with van der Waals surface area (Å²) >= 11 is 0. The Morgan fingerprint density at radius 3 is 2.67 bits per heavy atom. The van der Waals surface area contributed by atoms with Crippen molar-refractivity contribution >= 4 is 5.91 Å². The third-order valence-corrected chi connectivity index (χ3v) is 4.17. The lowest BCUT2D eigenvalue weighted by molar-refractivity contribution is -0.167. The fourth-order valence-corrected chi connectivity index (χ4v) is 2.80. The van der Waals surface area contributed by atoms with Crippen LogP contribution in [-0.4, -0.2) is 75.4 Å². The van der Waals surface area contributed by atoms with Gasteiger partial charge in [0.05, 0.1) is 24.7 Å². The third kappa shape index (κ3) is 2.53. The van der Waals surface area contributed by atoms with Crippen LogP contribution in [0.15, 0.2) is 0 Å². The van der Waals surface area contributed by atoms with Crippen molar-refractivity contribution in [2.24, 2.45) is 5.41 Å². The number of methoxy groups -OCH3 is 1. The summed E-state index contributed by atoms with van der Waals surface area (Å²) in [6.07, 6.45) is 1.30. The van der Waals surface area contributed by atoms with E-state index in [1.807, 2.05) is 18.9 Å². The zero-order valence-corrected chi connectivity index (χ0v) is 11.8. The van der Waals surface area contributed by atoms with Gasteiger partial charge in [0.1, 0.15) is 0 Å². The zero-order valence-electron chi connectivity index (χ0n) is 11.8. The molecule has 104 valence electrons. The minimum atomic E-state index is -0.299. The number of rotatable bonds is 4. The number of nitrogens with zero attached hydrogens (tertiary/aromatic N) is 2. The molecule has 2 rings (SSSR count). The molecule has 0 spiro atoms. The number of carbonyl (C=O) groups is 1. The average molecular weight is 256 g/mol. The molecule has 2 atom stereocenters. The van der Waals surface area contributed by atoms with Crippen LogP contribution in [0.1, 0.15) is 13.3 Å². The van der Waals surface area contributed by atoms with E-state index in [2.05, 4.69) is 11.9 Å². The molecular weight excluding hydrogens is 232 g/mol. The van der Waals surface area contributed by atoms with E-state index < -0.39 is 0 Å². The summed E-state index contributed by atoms with van der Waals surface area (Å²) < 4.78 is 10.5. The van der Waals surface area contributed by atoms with Crippen molar-refractivity contribution in [2.75, 3.05) is 47.5 Å². The van der Waals surface area contributed by atoms with Crippen molar-refractivity contribution in [1.82, 2.24) is 9.80 Å². The van der Waals surface area contributed by atoms with E-state index in [0.717, 1.165) is 19.5 Å². The molecule has 0 unspecified atom stereocenters. The number of hydrogen-bond donors (Lipinski definition) is 0. The van der Waals surface area contributed by atoms with E-state index in [0.29, 0.717) is 25.4 Å². The molecule has 5 heteroatoms. The van der Waals surface area contributed by atoms with E-state index in [-0.39, 0.29) is 11.3 Å². The predicted molar refractivity (Wildman–Crippen MR) is 68.4 cm³/mol. The lowest BCUT2D eigenvalue weighted by Crippen LogP contribution is -2.54. The molecule has 2 heterocycles. The highest BCUT2D eigenvalue weighted by atomic mass is 16.5. The van der Waals surface area contributed by atoms with Gasteiger partial charge in [0.25, 0.3) is 0 Å². The van der Waals surface area contributed by atoms with Crippen molar-refractivity contribution in [2.45, 2.75) is 25.5 Å². The number of ether oxygens (including phenoxy) is 2. The molecule has 0 aromatic rings. The van der Waals surface area contributed by atoms with Gasteiger partial charge in [-0.2, -0.15) is 0 Å². The van der Waals surface area contributed by atoms with Crippen LogP contribution >= 0.6 is 0 Å². The molecule has 0 radical (unpaired) electrons. The first-order valence-electron chi connectivity index (χ1n) is 6.52. The average Bonchev–Trinajstić information content (AvgIpc) is 2.66. The molecule has 0 saturated carbocycles. The topological polar surface area (TPSA) is 42.0 Å². The van der Waals surface area contributed by atoms with E-state index in [4.69, 9.17) is 9.47 Å². The molecular formula is C13H24N2O3. The summed E-state index contributed by atoms with van der Waals surface area (Å²) in [6.45, 7) is 4.80. The quantitative estimate of drug-likeness (QED) is 0.720. The number of carbonyl (C=O) groups excluding carboxylic acids is 1. The van der Waals surface area contributed by atoms with Crippen molar-refractivity contribution in [1.29, 1.82) is 0 Å². The van der Waals surface area contributed by atoms with Crippen LogP contribution < -0.4 is 0 Å². The van der Waals surface area contributed by atoms with Crippen LogP contribution in [0.25, 0.3) is 0 Å². The smallest absolute Gasteiger partial charge is 0.232 e. The van der Waals surface area contributed by atoms with Crippen molar-refractivity contribution in [3.63, 3.8) is 0 Å². The fourth-order valence-electron chi connectivity index (χ4n) is 2.80. The van der Waals surface area contributed by atoms with E-state index >= 15 is 0 Å². The monoisotopic (exact) mass is 256 g/mol. The van der Waals surface area contributed by atoms with Crippen molar-refractivity contribution in [3.05, 3.63) is 0 Å². The van der Waals surface area contributed by atoms with Gasteiger partial charge in [-0.25, -0.2) is 0 Å². The second-order valence-corrected chi connectivity index (χ2v) is 5.93. The highest BCUT2D eigenvalue weighted by molar-refractivity contribution is 5.83. The summed E-state index contributed by atoms with van der Waals surface area (Å²) in [4.78, 5) is 16.4. The van der Waals surface area contributed by atoms with Crippen LogP contribution in [0.5, 0.6) is 0 Å². The lowest BCUT2D eigenvalue weighted by atomic mass is 9.87. The zero-order chi connectivity index (χ0) is 13.3. The minimum Gasteiger partial charge on any atom is -0.380 e. The Morgan fingerprint density at radius 1 is 1.56 bits per heavy atom. The first-order chi connectivity index (χ1) is 8.46. The Balaban J connectivity index is 1.87. The van der Waals surface area contributed by atoms with E-state index in [9.17, 15) is 4.79 Å². The Hall–Kier alpha value is -0.650. The fraction of sp³-hybridized carbons (Fsp3) is 0.923. The minimum absolute atomic E-state index is 0.197. The standard InChI is InChI=1S/C13H24N2O3/c1-13(8-18-9-13)12(16)15(3)6-10-5-11(17-4)7-14(10)2/h10-11H,5-9H2,1-4H3/t10-,11-/m0/s1. The van der Waals surface area contributed by atoms with Crippen molar-refractivity contribution in [3.8, 4) is 0 Å². The summed E-state index contributed by atoms with van der Waals surface area (Å²) in [5.74, 6) is 0.197. The highest BCUT2D eigenvalue weighted by Gasteiger charge is 2.43. The van der Waals surface area contributed by atoms with E-state index in [1.165, 1.54) is 0 Å². The molecule has 0 N–H and O–H groups in total. The largest absolute Gasteiger partial charge is 0.380 e. The number of amides is 1. The summed E-state index contributed by atoms with van der Waals surface area (Å²) in [5, 5.41) is 0. The van der Waals surface area contributed by atoms with E-state index in [1.54, 1.807) is 7.11 Å². The number of likely N-dealkylation sites (tertiary alicyclic amines) is 1. The Bertz CT molecular complexity index is 317. The maximum absolute atomic E-state index is 12.3.